The van der Waals surface area contributed by atoms with Crippen LogP contribution in [0.25, 0.3) is 5.53 Å². The second-order valence-corrected chi connectivity index (χ2v) is 3.55. The number of carbonyl (C=O) groups excluding carboxylic acids is 2. The maximum absolute atomic E-state index is 10.9. The number of hydrogen-bond donors (Lipinski definition) is 0. The van der Waals surface area contributed by atoms with Gasteiger partial charge in [-0.15, -0.1) is 0 Å². The number of ketones is 1. The lowest BCUT2D eigenvalue weighted by molar-refractivity contribution is -0.140. The van der Waals surface area contributed by atoms with Gasteiger partial charge in [0, 0.05) is 12.8 Å². The van der Waals surface area contributed by atoms with Gasteiger partial charge in [-0.1, -0.05) is 19.3 Å². The molecule has 0 aromatic heterocycles. The van der Waals surface area contributed by atoms with Crippen LogP contribution < -0.4 is 0 Å². The highest BCUT2D eigenvalue weighted by Gasteiger charge is 2.02. The highest BCUT2D eigenvalue weighted by atomic mass is 16.5. The zero-order valence-electron chi connectivity index (χ0n) is 9.65. The molecule has 0 N–H and O–H groups in total. The third-order valence-corrected chi connectivity index (χ3v) is 2.23. The Bertz CT molecular complexity index is 270. The largest absolute Gasteiger partial charge is 0.469 e. The quantitative estimate of drug-likeness (QED) is 0.197. The van der Waals surface area contributed by atoms with Gasteiger partial charge < -0.3 is 10.3 Å². The number of rotatable bonds is 9. The summed E-state index contributed by atoms with van der Waals surface area (Å²) in [6, 6.07) is 0. The minimum absolute atomic E-state index is 0.155. The van der Waals surface area contributed by atoms with E-state index in [-0.39, 0.29) is 11.8 Å². The van der Waals surface area contributed by atoms with Crippen molar-refractivity contribution in [2.75, 3.05) is 7.11 Å². The van der Waals surface area contributed by atoms with E-state index in [1.54, 1.807) is 0 Å². The maximum atomic E-state index is 10.9. The molecule has 0 aliphatic carbocycles. The van der Waals surface area contributed by atoms with Crippen molar-refractivity contribution in [1.29, 1.82) is 0 Å². The molecule has 90 valence electrons. The predicted octanol–water partition coefficient (Wildman–Crippen LogP) is 1.76. The van der Waals surface area contributed by atoms with Crippen LogP contribution in [-0.2, 0) is 14.3 Å². The monoisotopic (exact) mass is 226 g/mol. The normalized spacial score (nSPS) is 9.31. The van der Waals surface area contributed by atoms with Crippen LogP contribution in [0, 0.1) is 0 Å². The molecule has 16 heavy (non-hydrogen) atoms. The first-order chi connectivity index (χ1) is 7.70. The molecule has 0 amide bonds. The summed E-state index contributed by atoms with van der Waals surface area (Å²) in [6.07, 6.45) is 6.36. The van der Waals surface area contributed by atoms with E-state index in [0.29, 0.717) is 12.8 Å². The summed E-state index contributed by atoms with van der Waals surface area (Å²) in [7, 11) is 1.39. The number of Topliss-reactive ketones (excluding diaryl/α,β-unsaturated/α-hetero) is 1. The fraction of sp³-hybridized carbons (Fsp3) is 0.727. The standard InChI is InChI=1S/C11H18N2O3/c1-16-11(15)8-6-4-2-3-5-7-10(14)9-13-12/h9H,2-8H2,1H3. The van der Waals surface area contributed by atoms with Crippen LogP contribution >= 0.6 is 0 Å². The fourth-order valence-electron chi connectivity index (χ4n) is 1.33. The average Bonchev–Trinajstić information content (AvgIpc) is 2.27. The molecule has 0 atom stereocenters. The summed E-state index contributed by atoms with van der Waals surface area (Å²) < 4.78 is 4.51. The van der Waals surface area contributed by atoms with Gasteiger partial charge in [0.25, 0.3) is 0 Å². The lowest BCUT2D eigenvalue weighted by Crippen LogP contribution is -2.00. The second-order valence-electron chi connectivity index (χ2n) is 3.55. The molecular weight excluding hydrogens is 208 g/mol. The molecule has 0 heterocycles. The van der Waals surface area contributed by atoms with Crippen molar-refractivity contribution in [3.8, 4) is 0 Å². The Balaban J connectivity index is 3.24. The van der Waals surface area contributed by atoms with Gasteiger partial charge in [-0.3, -0.25) is 9.59 Å². The molecule has 0 aliphatic rings. The summed E-state index contributed by atoms with van der Waals surface area (Å²) >= 11 is 0. The maximum Gasteiger partial charge on any atom is 0.323 e. The van der Waals surface area contributed by atoms with E-state index in [0.717, 1.165) is 38.3 Å². The van der Waals surface area contributed by atoms with Crippen LogP contribution in [0.5, 0.6) is 0 Å². The fourth-order valence-corrected chi connectivity index (χ4v) is 1.33. The Kier molecular flexibility index (Phi) is 9.12. The Hall–Kier alpha value is -1.48. The third-order valence-electron chi connectivity index (χ3n) is 2.23. The Morgan fingerprint density at radius 2 is 1.69 bits per heavy atom. The molecule has 0 saturated heterocycles. The first kappa shape index (κ1) is 14.5. The van der Waals surface area contributed by atoms with Crippen LogP contribution in [0.1, 0.15) is 44.9 Å². The molecule has 0 rings (SSSR count). The lowest BCUT2D eigenvalue weighted by Gasteiger charge is -1.99. The van der Waals surface area contributed by atoms with Crippen molar-refractivity contribution >= 4 is 18.0 Å². The summed E-state index contributed by atoms with van der Waals surface area (Å²) in [6.45, 7) is 0. The Morgan fingerprint density at radius 3 is 2.25 bits per heavy atom. The van der Waals surface area contributed by atoms with Gasteiger partial charge in [-0.05, 0) is 12.8 Å². The summed E-state index contributed by atoms with van der Waals surface area (Å²) in [5.74, 6) is -0.327. The molecule has 0 unspecified atom stereocenters. The van der Waals surface area contributed by atoms with Gasteiger partial charge in [-0.2, -0.15) is 4.79 Å². The van der Waals surface area contributed by atoms with Crippen molar-refractivity contribution in [3.05, 3.63) is 5.53 Å². The van der Waals surface area contributed by atoms with E-state index < -0.39 is 0 Å². The van der Waals surface area contributed by atoms with Crippen LogP contribution in [0.3, 0.4) is 0 Å². The third kappa shape index (κ3) is 9.09. The van der Waals surface area contributed by atoms with Gasteiger partial charge in [0.1, 0.15) is 0 Å². The summed E-state index contributed by atoms with van der Waals surface area (Å²) in [4.78, 5) is 24.3. The number of carbonyl (C=O) groups is 2. The van der Waals surface area contributed by atoms with Crippen molar-refractivity contribution in [2.24, 2.45) is 0 Å². The lowest BCUT2D eigenvalue weighted by atomic mass is 10.1. The number of hydrogen-bond acceptors (Lipinski definition) is 3. The Morgan fingerprint density at radius 1 is 1.12 bits per heavy atom. The van der Waals surface area contributed by atoms with E-state index in [1.807, 2.05) is 0 Å². The topological polar surface area (TPSA) is 79.8 Å². The molecule has 0 saturated carbocycles. The van der Waals surface area contributed by atoms with E-state index in [4.69, 9.17) is 5.53 Å². The number of unbranched alkanes of at least 4 members (excludes halogenated alkanes) is 4. The molecule has 0 bridgehead atoms. The van der Waals surface area contributed by atoms with Crippen LogP contribution in [0.4, 0.5) is 0 Å². The Labute approximate surface area is 95.4 Å². The molecule has 0 aliphatic heterocycles. The first-order valence-corrected chi connectivity index (χ1v) is 5.47. The summed E-state index contributed by atoms with van der Waals surface area (Å²) in [5.41, 5.74) is 8.09. The van der Waals surface area contributed by atoms with E-state index in [9.17, 15) is 9.59 Å². The number of esters is 1. The number of ether oxygens (including phenoxy) is 1. The van der Waals surface area contributed by atoms with Gasteiger partial charge in [-0.25, -0.2) is 0 Å². The SMILES string of the molecule is COC(=O)CCCCCCCC(=O)C=[N+]=[N-]. The highest BCUT2D eigenvalue weighted by Crippen LogP contribution is 2.07. The first-order valence-electron chi connectivity index (χ1n) is 5.47. The smallest absolute Gasteiger partial charge is 0.323 e. The van der Waals surface area contributed by atoms with Crippen LogP contribution in [-0.4, -0.2) is 29.9 Å². The van der Waals surface area contributed by atoms with Crippen molar-refractivity contribution in [3.63, 3.8) is 0 Å². The zero-order chi connectivity index (χ0) is 12.2. The van der Waals surface area contributed by atoms with Crippen molar-refractivity contribution in [2.45, 2.75) is 44.9 Å². The summed E-state index contributed by atoms with van der Waals surface area (Å²) in [5, 5.41) is 0. The van der Waals surface area contributed by atoms with Gasteiger partial charge in [0.2, 0.25) is 5.78 Å². The molecule has 0 fully saturated rings. The molecular formula is C11H18N2O3. The van der Waals surface area contributed by atoms with Gasteiger partial charge in [0.15, 0.2) is 0 Å². The van der Waals surface area contributed by atoms with Crippen LogP contribution in [0.2, 0.25) is 0 Å². The minimum atomic E-state index is -0.172. The molecule has 5 nitrogen and oxygen atoms in total. The van der Waals surface area contributed by atoms with Gasteiger partial charge in [0.05, 0.1) is 7.11 Å². The van der Waals surface area contributed by atoms with Crippen LogP contribution in [0.15, 0.2) is 0 Å². The number of nitrogens with zero attached hydrogens (tertiary/aromatic N) is 2. The second kappa shape index (κ2) is 10.1. The molecule has 5 heteroatoms. The van der Waals surface area contributed by atoms with E-state index in [2.05, 4.69) is 9.53 Å². The van der Waals surface area contributed by atoms with E-state index >= 15 is 0 Å². The highest BCUT2D eigenvalue weighted by molar-refractivity contribution is 6.25. The van der Waals surface area contributed by atoms with Gasteiger partial charge >= 0.3 is 12.2 Å². The zero-order valence-corrected chi connectivity index (χ0v) is 9.65. The van der Waals surface area contributed by atoms with Crippen molar-refractivity contribution in [1.82, 2.24) is 0 Å². The predicted molar refractivity (Wildman–Crippen MR) is 59.0 cm³/mol. The number of methoxy groups -OCH3 is 1. The van der Waals surface area contributed by atoms with E-state index in [1.165, 1.54) is 7.11 Å². The molecule has 0 spiro atoms. The minimum Gasteiger partial charge on any atom is -0.469 e. The molecule has 0 aromatic rings. The average molecular weight is 226 g/mol. The molecule has 0 aromatic carbocycles. The molecule has 0 radical (unpaired) electrons. The van der Waals surface area contributed by atoms with Crippen molar-refractivity contribution < 1.29 is 19.1 Å².